The van der Waals surface area contributed by atoms with Crippen molar-refractivity contribution in [2.45, 2.75) is 25.9 Å². The van der Waals surface area contributed by atoms with Crippen LogP contribution in [0.3, 0.4) is 0 Å². The van der Waals surface area contributed by atoms with Crippen LogP contribution in [0.4, 0.5) is 10.1 Å². The van der Waals surface area contributed by atoms with E-state index in [0.29, 0.717) is 24.2 Å². The van der Waals surface area contributed by atoms with Crippen molar-refractivity contribution < 1.29 is 9.18 Å². The van der Waals surface area contributed by atoms with E-state index < -0.39 is 0 Å². The highest BCUT2D eigenvalue weighted by Gasteiger charge is 2.25. The molecule has 5 nitrogen and oxygen atoms in total. The summed E-state index contributed by atoms with van der Waals surface area (Å²) in [5, 5.41) is 5.85. The molecule has 0 radical (unpaired) electrons. The maximum Gasteiger partial charge on any atom is 0.241 e. The van der Waals surface area contributed by atoms with Crippen LogP contribution in [0.15, 0.2) is 24.5 Å². The molecule has 0 fully saturated rings. The van der Waals surface area contributed by atoms with Crippen molar-refractivity contribution in [3.8, 4) is 0 Å². The number of hydrogen-bond donors (Lipinski definition) is 3. The van der Waals surface area contributed by atoms with Gasteiger partial charge in [0.15, 0.2) is 0 Å². The smallest absolute Gasteiger partial charge is 0.241 e. The first kappa shape index (κ1) is 12.8. The second kappa shape index (κ2) is 5.05. The number of fused-ring (bicyclic) bond motifs is 1. The normalized spacial score (nSPS) is 17.6. The van der Waals surface area contributed by atoms with Crippen LogP contribution in [0.2, 0.25) is 0 Å². The van der Waals surface area contributed by atoms with Gasteiger partial charge < -0.3 is 10.3 Å². The Balaban J connectivity index is 1.69. The average molecular weight is 274 g/mol. The third kappa shape index (κ3) is 2.42. The molecule has 2 heterocycles. The van der Waals surface area contributed by atoms with Gasteiger partial charge in [-0.05, 0) is 24.6 Å². The number of benzene rings is 1. The van der Waals surface area contributed by atoms with Gasteiger partial charge in [-0.25, -0.2) is 9.37 Å². The monoisotopic (exact) mass is 274 g/mol. The Morgan fingerprint density at radius 2 is 2.35 bits per heavy atom. The van der Waals surface area contributed by atoms with E-state index in [1.807, 2.05) is 0 Å². The number of nitrogens with zero attached hydrogens (tertiary/aromatic N) is 1. The van der Waals surface area contributed by atoms with Crippen LogP contribution >= 0.6 is 0 Å². The molecule has 0 spiro atoms. The van der Waals surface area contributed by atoms with Gasteiger partial charge in [-0.1, -0.05) is 6.07 Å². The molecule has 0 bridgehead atoms. The summed E-state index contributed by atoms with van der Waals surface area (Å²) in [5.41, 5.74) is 2.93. The Labute approximate surface area is 115 Å². The summed E-state index contributed by atoms with van der Waals surface area (Å²) in [4.78, 5) is 19.4. The van der Waals surface area contributed by atoms with Gasteiger partial charge in [0.1, 0.15) is 5.82 Å². The second-order valence-electron chi connectivity index (χ2n) is 4.92. The third-order valence-corrected chi connectivity index (χ3v) is 3.49. The Morgan fingerprint density at radius 3 is 3.15 bits per heavy atom. The van der Waals surface area contributed by atoms with Crippen molar-refractivity contribution in [3.05, 3.63) is 47.3 Å². The number of carbonyl (C=O) groups excluding carboxylic acids is 1. The minimum atomic E-state index is -0.352. The summed E-state index contributed by atoms with van der Waals surface area (Å²) in [6, 6.07) is 4.32. The standard InChI is InChI=1S/C14H15FN4O/c1-8-2-3-9(4-10(8)15)19-14(20)12-5-11-13(6-16-12)18-7-17-11/h2-4,7,12,16H,5-6H2,1H3,(H,17,18)(H,19,20). The Kier molecular flexibility index (Phi) is 3.23. The van der Waals surface area contributed by atoms with Gasteiger partial charge in [-0.3, -0.25) is 10.1 Å². The zero-order chi connectivity index (χ0) is 14.1. The number of hydrogen-bond acceptors (Lipinski definition) is 3. The van der Waals surface area contributed by atoms with Crippen LogP contribution in [-0.4, -0.2) is 21.9 Å². The first-order valence-electron chi connectivity index (χ1n) is 6.45. The van der Waals surface area contributed by atoms with Gasteiger partial charge in [-0.15, -0.1) is 0 Å². The average Bonchev–Trinajstić information content (AvgIpc) is 2.90. The van der Waals surface area contributed by atoms with Gasteiger partial charge in [0, 0.05) is 18.7 Å². The molecule has 0 aliphatic carbocycles. The first-order chi connectivity index (χ1) is 9.63. The van der Waals surface area contributed by atoms with E-state index in [-0.39, 0.29) is 17.8 Å². The van der Waals surface area contributed by atoms with Crippen molar-refractivity contribution in [3.63, 3.8) is 0 Å². The quantitative estimate of drug-likeness (QED) is 0.777. The van der Waals surface area contributed by atoms with E-state index >= 15 is 0 Å². The molecule has 0 saturated carbocycles. The van der Waals surface area contributed by atoms with Crippen molar-refractivity contribution in [1.29, 1.82) is 0 Å². The van der Waals surface area contributed by atoms with Crippen LogP contribution in [-0.2, 0) is 17.8 Å². The fourth-order valence-electron chi connectivity index (χ4n) is 2.25. The number of aryl methyl sites for hydroxylation is 1. The second-order valence-corrected chi connectivity index (χ2v) is 4.92. The highest BCUT2D eigenvalue weighted by Crippen LogP contribution is 2.16. The zero-order valence-electron chi connectivity index (χ0n) is 11.0. The summed E-state index contributed by atoms with van der Waals surface area (Å²) in [5.74, 6) is -0.504. The minimum absolute atomic E-state index is 0.179. The molecule has 6 heteroatoms. The summed E-state index contributed by atoms with van der Waals surface area (Å²) >= 11 is 0. The molecule has 3 N–H and O–H groups in total. The topological polar surface area (TPSA) is 69.8 Å². The lowest BCUT2D eigenvalue weighted by molar-refractivity contribution is -0.118. The maximum absolute atomic E-state index is 13.4. The van der Waals surface area contributed by atoms with Gasteiger partial charge in [0.2, 0.25) is 5.91 Å². The fraction of sp³-hybridized carbons (Fsp3) is 0.286. The lowest BCUT2D eigenvalue weighted by Gasteiger charge is -2.22. The number of aromatic nitrogens is 2. The van der Waals surface area contributed by atoms with Crippen LogP contribution in [0, 0.1) is 12.7 Å². The van der Waals surface area contributed by atoms with Crippen molar-refractivity contribution in [2.24, 2.45) is 0 Å². The lowest BCUT2D eigenvalue weighted by atomic mass is 10.0. The molecule has 0 saturated heterocycles. The zero-order valence-corrected chi connectivity index (χ0v) is 11.0. The molecule has 104 valence electrons. The van der Waals surface area contributed by atoms with Crippen LogP contribution in [0.5, 0.6) is 0 Å². The molecule has 2 aromatic rings. The number of halogens is 1. The van der Waals surface area contributed by atoms with Gasteiger partial charge in [-0.2, -0.15) is 0 Å². The number of rotatable bonds is 2. The van der Waals surface area contributed by atoms with E-state index in [2.05, 4.69) is 20.6 Å². The van der Waals surface area contributed by atoms with E-state index in [4.69, 9.17) is 0 Å². The summed E-state index contributed by atoms with van der Waals surface area (Å²) in [6.07, 6.45) is 2.15. The van der Waals surface area contributed by atoms with Crippen molar-refractivity contribution in [2.75, 3.05) is 5.32 Å². The summed E-state index contributed by atoms with van der Waals surface area (Å²) in [6.45, 7) is 2.26. The minimum Gasteiger partial charge on any atom is -0.347 e. The number of nitrogens with one attached hydrogen (secondary N) is 3. The van der Waals surface area contributed by atoms with Crippen LogP contribution < -0.4 is 10.6 Å². The Hall–Kier alpha value is -2.21. The SMILES string of the molecule is Cc1ccc(NC(=O)C2Cc3nc[nH]c3CN2)cc1F. The molecule has 1 aliphatic rings. The summed E-state index contributed by atoms with van der Waals surface area (Å²) in [7, 11) is 0. The van der Waals surface area contributed by atoms with E-state index in [1.165, 1.54) is 6.07 Å². The van der Waals surface area contributed by atoms with E-state index in [1.54, 1.807) is 25.4 Å². The first-order valence-corrected chi connectivity index (χ1v) is 6.45. The molecule has 1 aliphatic heterocycles. The molecule has 3 rings (SSSR count). The molecular formula is C14H15FN4O. The molecule has 20 heavy (non-hydrogen) atoms. The highest BCUT2D eigenvalue weighted by molar-refractivity contribution is 5.95. The van der Waals surface area contributed by atoms with Gasteiger partial charge >= 0.3 is 0 Å². The number of H-pyrrole nitrogens is 1. The fourth-order valence-corrected chi connectivity index (χ4v) is 2.25. The van der Waals surface area contributed by atoms with Crippen molar-refractivity contribution >= 4 is 11.6 Å². The highest BCUT2D eigenvalue weighted by atomic mass is 19.1. The lowest BCUT2D eigenvalue weighted by Crippen LogP contribution is -2.44. The number of amides is 1. The molecule has 1 aromatic carbocycles. The largest absolute Gasteiger partial charge is 0.347 e. The Morgan fingerprint density at radius 1 is 1.50 bits per heavy atom. The van der Waals surface area contributed by atoms with E-state index in [9.17, 15) is 9.18 Å². The van der Waals surface area contributed by atoms with Gasteiger partial charge in [0.25, 0.3) is 0 Å². The number of aromatic amines is 1. The molecule has 1 amide bonds. The number of imidazole rings is 1. The molecular weight excluding hydrogens is 259 g/mol. The van der Waals surface area contributed by atoms with Crippen LogP contribution in [0.25, 0.3) is 0 Å². The number of carbonyl (C=O) groups is 1. The molecule has 1 aromatic heterocycles. The third-order valence-electron chi connectivity index (χ3n) is 3.49. The summed E-state index contributed by atoms with van der Waals surface area (Å²) < 4.78 is 13.4. The maximum atomic E-state index is 13.4. The molecule has 1 atom stereocenters. The van der Waals surface area contributed by atoms with Crippen LogP contribution in [0.1, 0.15) is 17.0 Å². The van der Waals surface area contributed by atoms with Gasteiger partial charge in [0.05, 0.1) is 23.8 Å². The van der Waals surface area contributed by atoms with Crippen molar-refractivity contribution in [1.82, 2.24) is 15.3 Å². The molecule has 1 unspecified atom stereocenters. The predicted octanol–water partition coefficient (Wildman–Crippen LogP) is 1.51. The van der Waals surface area contributed by atoms with E-state index in [0.717, 1.165) is 11.4 Å². The Bertz CT molecular complexity index is 652. The number of anilines is 1. The predicted molar refractivity (Wildman–Crippen MR) is 72.7 cm³/mol.